The molecule has 32 heavy (non-hydrogen) atoms. The molecule has 3 aromatic carbocycles. The van der Waals surface area contributed by atoms with Crippen molar-refractivity contribution in [3.8, 4) is 11.8 Å². The van der Waals surface area contributed by atoms with Crippen molar-refractivity contribution in [2.45, 2.75) is 13.5 Å². The predicted molar refractivity (Wildman–Crippen MR) is 132 cm³/mol. The van der Waals surface area contributed by atoms with Crippen LogP contribution < -0.4 is 4.74 Å². The Hall–Kier alpha value is -2.68. The maximum Gasteiger partial charge on any atom is 0.157 e. The van der Waals surface area contributed by atoms with Gasteiger partial charge in [0.15, 0.2) is 5.75 Å². The lowest BCUT2D eigenvalue weighted by Gasteiger charge is -2.11. The molecule has 8 heteroatoms. The Balaban J connectivity index is 1.60. The molecule has 4 rings (SSSR count). The number of fused-ring (bicyclic) bond motifs is 1. The molecular weight excluding hydrogens is 488 g/mol. The quantitative estimate of drug-likeness (QED) is 0.280. The van der Waals surface area contributed by atoms with Crippen LogP contribution in [-0.4, -0.2) is 9.97 Å². The Morgan fingerprint density at radius 2 is 1.75 bits per heavy atom. The van der Waals surface area contributed by atoms with E-state index in [0.29, 0.717) is 42.8 Å². The van der Waals surface area contributed by atoms with Gasteiger partial charge < -0.3 is 9.72 Å². The monoisotopic (exact) mass is 501 g/mol. The van der Waals surface area contributed by atoms with E-state index in [2.05, 4.69) is 16.0 Å². The summed E-state index contributed by atoms with van der Waals surface area (Å²) in [4.78, 5) is 7.69. The van der Waals surface area contributed by atoms with E-state index in [9.17, 15) is 5.26 Å². The summed E-state index contributed by atoms with van der Waals surface area (Å²) in [5, 5.41) is 11.2. The number of benzene rings is 3. The van der Waals surface area contributed by atoms with Crippen LogP contribution in [0.3, 0.4) is 0 Å². The predicted octanol–water partition coefficient (Wildman–Crippen LogP) is 8.13. The summed E-state index contributed by atoms with van der Waals surface area (Å²) in [7, 11) is 0. The molecule has 1 aromatic heterocycles. The first-order valence-corrected chi connectivity index (χ1v) is 11.0. The summed E-state index contributed by atoms with van der Waals surface area (Å²) in [6.45, 7) is 2.21. The van der Waals surface area contributed by atoms with Gasteiger partial charge in [-0.05, 0) is 66.1 Å². The van der Waals surface area contributed by atoms with Crippen molar-refractivity contribution in [3.05, 3.63) is 91.1 Å². The summed E-state index contributed by atoms with van der Waals surface area (Å²) < 4.78 is 5.80. The van der Waals surface area contributed by atoms with E-state index in [1.807, 2.05) is 25.1 Å². The molecule has 0 amide bonds. The third-order valence-corrected chi connectivity index (χ3v) is 6.01. The number of aromatic amines is 1. The Morgan fingerprint density at radius 3 is 2.44 bits per heavy atom. The molecule has 0 aliphatic heterocycles. The van der Waals surface area contributed by atoms with Gasteiger partial charge in [-0.2, -0.15) is 5.26 Å². The zero-order chi connectivity index (χ0) is 22.8. The number of hydrogen-bond acceptors (Lipinski definition) is 3. The van der Waals surface area contributed by atoms with E-state index >= 15 is 0 Å². The lowest BCUT2D eigenvalue weighted by Crippen LogP contribution is -1.97. The smallest absolute Gasteiger partial charge is 0.157 e. The van der Waals surface area contributed by atoms with E-state index in [1.165, 1.54) is 0 Å². The van der Waals surface area contributed by atoms with Crippen molar-refractivity contribution >= 4 is 69.1 Å². The highest BCUT2D eigenvalue weighted by atomic mass is 35.5. The minimum Gasteiger partial charge on any atom is -0.486 e. The standard InChI is InChI=1S/C24H15Cl4N3O/c1-13-2-5-21-22(6-13)31-24(30-21)16(11-29)7-15-9-19(27)23(20(28)10-15)32-12-14-3-4-17(25)18(26)8-14/h2-10H,12H2,1H3,(H,30,31)/b16-7-. The summed E-state index contributed by atoms with van der Waals surface area (Å²) >= 11 is 24.8. The lowest BCUT2D eigenvalue weighted by molar-refractivity contribution is 0.306. The molecule has 0 saturated carbocycles. The van der Waals surface area contributed by atoms with E-state index in [4.69, 9.17) is 51.1 Å². The van der Waals surface area contributed by atoms with Crippen LogP contribution in [0.4, 0.5) is 0 Å². The molecule has 0 aliphatic rings. The number of aryl methyl sites for hydroxylation is 1. The van der Waals surface area contributed by atoms with Crippen molar-refractivity contribution < 1.29 is 4.74 Å². The first kappa shape index (κ1) is 22.5. The molecule has 0 radical (unpaired) electrons. The van der Waals surface area contributed by atoms with Gasteiger partial charge in [-0.15, -0.1) is 0 Å². The number of halogens is 4. The fourth-order valence-corrected chi connectivity index (χ4v) is 4.09. The van der Waals surface area contributed by atoms with Gasteiger partial charge in [0.2, 0.25) is 0 Å². The molecule has 160 valence electrons. The van der Waals surface area contributed by atoms with Crippen molar-refractivity contribution in [2.24, 2.45) is 0 Å². The number of nitrogens with one attached hydrogen (secondary N) is 1. The molecule has 0 bridgehead atoms. The molecule has 1 heterocycles. The summed E-state index contributed by atoms with van der Waals surface area (Å²) in [5.74, 6) is 0.814. The van der Waals surface area contributed by atoms with E-state index < -0.39 is 0 Å². The highest BCUT2D eigenvalue weighted by Gasteiger charge is 2.13. The Labute approximate surface area is 205 Å². The fraction of sp³-hybridized carbons (Fsp3) is 0.0833. The lowest BCUT2D eigenvalue weighted by atomic mass is 10.1. The maximum atomic E-state index is 9.68. The summed E-state index contributed by atoms with van der Waals surface area (Å²) in [6.07, 6.45) is 1.67. The number of hydrogen-bond donors (Lipinski definition) is 1. The fourth-order valence-electron chi connectivity index (χ4n) is 3.16. The molecule has 1 N–H and O–H groups in total. The zero-order valence-corrected chi connectivity index (χ0v) is 19.7. The second-order valence-electron chi connectivity index (χ2n) is 7.13. The second-order valence-corrected chi connectivity index (χ2v) is 8.76. The average molecular weight is 503 g/mol. The van der Waals surface area contributed by atoms with Crippen LogP contribution in [0.5, 0.6) is 5.75 Å². The van der Waals surface area contributed by atoms with Gasteiger partial charge in [0.05, 0.1) is 36.7 Å². The van der Waals surface area contributed by atoms with E-state index in [1.54, 1.807) is 36.4 Å². The Bertz CT molecular complexity index is 1380. The van der Waals surface area contributed by atoms with Gasteiger partial charge in [0, 0.05) is 0 Å². The number of rotatable bonds is 5. The van der Waals surface area contributed by atoms with Crippen LogP contribution in [0, 0.1) is 18.3 Å². The normalized spacial score (nSPS) is 11.6. The molecule has 0 fully saturated rings. The molecule has 4 aromatic rings. The molecule has 0 spiro atoms. The van der Waals surface area contributed by atoms with Crippen molar-refractivity contribution in [1.29, 1.82) is 5.26 Å². The molecular formula is C24H15Cl4N3O. The minimum atomic E-state index is 0.216. The van der Waals surface area contributed by atoms with Gasteiger partial charge in [-0.1, -0.05) is 58.5 Å². The van der Waals surface area contributed by atoms with Crippen LogP contribution in [0.25, 0.3) is 22.7 Å². The SMILES string of the molecule is Cc1ccc2nc(/C(C#N)=C\c3cc(Cl)c(OCc4ccc(Cl)c(Cl)c4)c(Cl)c3)[nH]c2c1. The largest absolute Gasteiger partial charge is 0.486 e. The summed E-state index contributed by atoms with van der Waals surface area (Å²) in [6, 6.07) is 16.6. The number of nitrogens with zero attached hydrogens (tertiary/aromatic N) is 2. The number of allylic oxidation sites excluding steroid dienone is 1. The average Bonchev–Trinajstić information content (AvgIpc) is 3.16. The Morgan fingerprint density at radius 1 is 1.00 bits per heavy atom. The number of aromatic nitrogens is 2. The number of H-pyrrole nitrogens is 1. The number of imidazole rings is 1. The molecule has 4 nitrogen and oxygen atoms in total. The van der Waals surface area contributed by atoms with E-state index in [0.717, 1.165) is 22.2 Å². The third-order valence-electron chi connectivity index (χ3n) is 4.71. The molecule has 0 saturated heterocycles. The second kappa shape index (κ2) is 9.44. The van der Waals surface area contributed by atoms with Gasteiger partial charge in [0.25, 0.3) is 0 Å². The van der Waals surface area contributed by atoms with Crippen LogP contribution in [0.1, 0.15) is 22.5 Å². The Kier molecular flexibility index (Phi) is 6.64. The van der Waals surface area contributed by atoms with E-state index in [-0.39, 0.29) is 6.61 Å². The first-order valence-electron chi connectivity index (χ1n) is 9.48. The van der Waals surface area contributed by atoms with Gasteiger partial charge in [0.1, 0.15) is 18.5 Å². The molecule has 0 aliphatic carbocycles. The topological polar surface area (TPSA) is 61.7 Å². The van der Waals surface area contributed by atoms with Crippen molar-refractivity contribution in [1.82, 2.24) is 9.97 Å². The first-order chi connectivity index (χ1) is 15.3. The van der Waals surface area contributed by atoms with Crippen molar-refractivity contribution in [2.75, 3.05) is 0 Å². The highest BCUT2D eigenvalue weighted by Crippen LogP contribution is 2.36. The van der Waals surface area contributed by atoms with Crippen LogP contribution in [-0.2, 0) is 6.61 Å². The minimum absolute atomic E-state index is 0.216. The van der Waals surface area contributed by atoms with Gasteiger partial charge in [-0.25, -0.2) is 4.98 Å². The van der Waals surface area contributed by atoms with Crippen LogP contribution in [0.2, 0.25) is 20.1 Å². The van der Waals surface area contributed by atoms with Crippen LogP contribution in [0.15, 0.2) is 48.5 Å². The highest BCUT2D eigenvalue weighted by molar-refractivity contribution is 6.42. The third kappa shape index (κ3) is 4.87. The van der Waals surface area contributed by atoms with Crippen LogP contribution >= 0.6 is 46.4 Å². The molecule has 0 unspecified atom stereocenters. The van der Waals surface area contributed by atoms with Crippen molar-refractivity contribution in [3.63, 3.8) is 0 Å². The number of nitriles is 1. The van der Waals surface area contributed by atoms with Gasteiger partial charge >= 0.3 is 0 Å². The molecule has 0 atom stereocenters. The van der Waals surface area contributed by atoms with Gasteiger partial charge in [-0.3, -0.25) is 0 Å². The number of ether oxygens (including phenoxy) is 1. The maximum absolute atomic E-state index is 9.68. The summed E-state index contributed by atoms with van der Waals surface area (Å²) in [5.41, 5.74) is 4.58. The zero-order valence-electron chi connectivity index (χ0n) is 16.7.